The Balaban J connectivity index is 2.33. The van der Waals surface area contributed by atoms with Crippen molar-refractivity contribution in [1.82, 2.24) is 10.2 Å². The molecule has 1 saturated carbocycles. The van der Waals surface area contributed by atoms with E-state index in [0.717, 1.165) is 12.5 Å². The SMILES string of the molecule is CN(CC1CCCCC1)C(CN)CNC(=O)OC(C)(C)C. The van der Waals surface area contributed by atoms with Gasteiger partial charge in [-0.1, -0.05) is 19.3 Å². The van der Waals surface area contributed by atoms with Gasteiger partial charge in [-0.25, -0.2) is 4.79 Å². The Morgan fingerprint density at radius 1 is 1.33 bits per heavy atom. The highest BCUT2D eigenvalue weighted by Crippen LogP contribution is 2.24. The molecule has 1 aliphatic carbocycles. The summed E-state index contributed by atoms with van der Waals surface area (Å²) in [7, 11) is 2.10. The summed E-state index contributed by atoms with van der Waals surface area (Å²) < 4.78 is 5.25. The average Bonchev–Trinajstić information content (AvgIpc) is 2.38. The number of amides is 1. The number of nitrogens with zero attached hydrogens (tertiary/aromatic N) is 1. The zero-order valence-corrected chi connectivity index (χ0v) is 14.2. The van der Waals surface area contributed by atoms with Crippen molar-refractivity contribution in [2.45, 2.75) is 64.5 Å². The fourth-order valence-electron chi connectivity index (χ4n) is 2.86. The maximum Gasteiger partial charge on any atom is 0.407 e. The molecule has 1 amide bonds. The summed E-state index contributed by atoms with van der Waals surface area (Å²) in [4.78, 5) is 14.0. The van der Waals surface area contributed by atoms with Crippen molar-refractivity contribution < 1.29 is 9.53 Å². The summed E-state index contributed by atoms with van der Waals surface area (Å²) >= 11 is 0. The van der Waals surface area contributed by atoms with E-state index in [0.29, 0.717) is 13.1 Å². The van der Waals surface area contributed by atoms with Gasteiger partial charge in [0.25, 0.3) is 0 Å². The highest BCUT2D eigenvalue weighted by molar-refractivity contribution is 5.67. The molecule has 0 aromatic rings. The molecule has 1 rings (SSSR count). The molecule has 0 radical (unpaired) electrons. The molecule has 1 atom stereocenters. The van der Waals surface area contributed by atoms with E-state index in [-0.39, 0.29) is 12.1 Å². The number of carbonyl (C=O) groups is 1. The average molecular weight is 299 g/mol. The van der Waals surface area contributed by atoms with Gasteiger partial charge in [0.1, 0.15) is 5.60 Å². The molecule has 0 spiro atoms. The molecule has 1 fully saturated rings. The number of rotatable bonds is 6. The van der Waals surface area contributed by atoms with Crippen LogP contribution in [-0.2, 0) is 4.74 Å². The predicted octanol–water partition coefficient (Wildman–Crippen LogP) is 2.35. The number of carbonyl (C=O) groups excluding carboxylic acids is 1. The molecule has 0 saturated heterocycles. The second-order valence-electron chi connectivity index (χ2n) is 7.22. The normalized spacial score (nSPS) is 18.6. The lowest BCUT2D eigenvalue weighted by atomic mass is 9.89. The molecule has 0 aromatic heterocycles. The smallest absolute Gasteiger partial charge is 0.407 e. The van der Waals surface area contributed by atoms with Gasteiger partial charge in [-0.05, 0) is 46.6 Å². The maximum atomic E-state index is 11.7. The van der Waals surface area contributed by atoms with E-state index < -0.39 is 5.60 Å². The van der Waals surface area contributed by atoms with Gasteiger partial charge in [0, 0.05) is 25.7 Å². The molecule has 0 aliphatic heterocycles. The Kier molecular flexibility index (Phi) is 7.46. The van der Waals surface area contributed by atoms with Gasteiger partial charge >= 0.3 is 6.09 Å². The van der Waals surface area contributed by atoms with Gasteiger partial charge in [-0.3, -0.25) is 0 Å². The van der Waals surface area contributed by atoms with E-state index in [1.807, 2.05) is 20.8 Å². The Morgan fingerprint density at radius 3 is 2.48 bits per heavy atom. The van der Waals surface area contributed by atoms with E-state index in [1.54, 1.807) is 0 Å². The van der Waals surface area contributed by atoms with Crippen LogP contribution in [0.1, 0.15) is 52.9 Å². The minimum Gasteiger partial charge on any atom is -0.444 e. The third kappa shape index (κ3) is 7.67. The van der Waals surface area contributed by atoms with Crippen molar-refractivity contribution in [3.63, 3.8) is 0 Å². The summed E-state index contributed by atoms with van der Waals surface area (Å²) in [6, 6.07) is 0.166. The second kappa shape index (κ2) is 8.59. The molecule has 5 heteroatoms. The van der Waals surface area contributed by atoms with Crippen LogP contribution in [-0.4, -0.2) is 49.3 Å². The molecule has 21 heavy (non-hydrogen) atoms. The molecule has 3 N–H and O–H groups in total. The summed E-state index contributed by atoms with van der Waals surface area (Å²) in [5.74, 6) is 0.777. The topological polar surface area (TPSA) is 67.6 Å². The fraction of sp³-hybridized carbons (Fsp3) is 0.938. The van der Waals surface area contributed by atoms with Crippen LogP contribution in [0.25, 0.3) is 0 Å². The van der Waals surface area contributed by atoms with Crippen molar-refractivity contribution in [2.24, 2.45) is 11.7 Å². The first-order valence-electron chi connectivity index (χ1n) is 8.19. The van der Waals surface area contributed by atoms with Gasteiger partial charge in [-0.2, -0.15) is 0 Å². The zero-order chi connectivity index (χ0) is 15.9. The van der Waals surface area contributed by atoms with Gasteiger partial charge in [-0.15, -0.1) is 0 Å². The van der Waals surface area contributed by atoms with E-state index >= 15 is 0 Å². The molecule has 5 nitrogen and oxygen atoms in total. The van der Waals surface area contributed by atoms with Crippen LogP contribution in [0.2, 0.25) is 0 Å². The van der Waals surface area contributed by atoms with Crippen LogP contribution in [0.3, 0.4) is 0 Å². The molecular formula is C16H33N3O2. The largest absolute Gasteiger partial charge is 0.444 e. The van der Waals surface area contributed by atoms with Crippen LogP contribution in [0.15, 0.2) is 0 Å². The number of nitrogens with one attached hydrogen (secondary N) is 1. The number of likely N-dealkylation sites (N-methyl/N-ethyl adjacent to an activating group) is 1. The highest BCUT2D eigenvalue weighted by Gasteiger charge is 2.21. The number of hydrogen-bond donors (Lipinski definition) is 2. The van der Waals surface area contributed by atoms with E-state index in [9.17, 15) is 4.79 Å². The quantitative estimate of drug-likeness (QED) is 0.790. The number of alkyl carbamates (subject to hydrolysis) is 1. The number of nitrogens with two attached hydrogens (primary N) is 1. The van der Waals surface area contributed by atoms with Crippen LogP contribution in [0.5, 0.6) is 0 Å². The van der Waals surface area contributed by atoms with Crippen molar-refractivity contribution in [1.29, 1.82) is 0 Å². The van der Waals surface area contributed by atoms with Gasteiger partial charge in [0.15, 0.2) is 0 Å². The Morgan fingerprint density at radius 2 is 1.95 bits per heavy atom. The van der Waals surface area contributed by atoms with Crippen LogP contribution >= 0.6 is 0 Å². The number of ether oxygens (including phenoxy) is 1. The lowest BCUT2D eigenvalue weighted by molar-refractivity contribution is 0.0509. The van der Waals surface area contributed by atoms with Crippen molar-refractivity contribution in [3.8, 4) is 0 Å². The molecule has 1 aliphatic rings. The molecule has 124 valence electrons. The van der Waals surface area contributed by atoms with Crippen molar-refractivity contribution >= 4 is 6.09 Å². The van der Waals surface area contributed by atoms with Crippen LogP contribution in [0, 0.1) is 5.92 Å². The predicted molar refractivity (Wildman–Crippen MR) is 86.3 cm³/mol. The third-order valence-corrected chi connectivity index (χ3v) is 4.05. The highest BCUT2D eigenvalue weighted by atomic mass is 16.6. The summed E-state index contributed by atoms with van der Waals surface area (Å²) in [5.41, 5.74) is 5.40. The van der Waals surface area contributed by atoms with Gasteiger partial charge < -0.3 is 20.7 Å². The molecule has 0 aromatic carbocycles. The first-order valence-corrected chi connectivity index (χ1v) is 8.19. The second-order valence-corrected chi connectivity index (χ2v) is 7.22. The Labute approximate surface area is 129 Å². The Hall–Kier alpha value is -0.810. The van der Waals surface area contributed by atoms with E-state index in [2.05, 4.69) is 17.3 Å². The first-order chi connectivity index (χ1) is 9.81. The zero-order valence-electron chi connectivity index (χ0n) is 14.2. The van der Waals surface area contributed by atoms with E-state index in [4.69, 9.17) is 10.5 Å². The molecule has 1 unspecified atom stereocenters. The maximum absolute atomic E-state index is 11.7. The molecular weight excluding hydrogens is 266 g/mol. The standard InChI is InChI=1S/C16H33N3O2/c1-16(2,3)21-15(20)18-11-14(10-17)19(4)12-13-8-6-5-7-9-13/h13-14H,5-12,17H2,1-4H3,(H,18,20). The first kappa shape index (κ1) is 18.2. The van der Waals surface area contributed by atoms with Crippen molar-refractivity contribution in [3.05, 3.63) is 0 Å². The minimum atomic E-state index is -0.462. The lowest BCUT2D eigenvalue weighted by Gasteiger charge is -2.32. The Bertz CT molecular complexity index is 309. The lowest BCUT2D eigenvalue weighted by Crippen LogP contribution is -2.48. The third-order valence-electron chi connectivity index (χ3n) is 4.05. The minimum absolute atomic E-state index is 0.166. The van der Waals surface area contributed by atoms with Crippen molar-refractivity contribution in [2.75, 3.05) is 26.7 Å². The fourth-order valence-corrected chi connectivity index (χ4v) is 2.86. The summed E-state index contributed by atoms with van der Waals surface area (Å²) in [6.45, 7) is 7.73. The van der Waals surface area contributed by atoms with Gasteiger partial charge in [0.05, 0.1) is 0 Å². The number of hydrogen-bond acceptors (Lipinski definition) is 4. The van der Waals surface area contributed by atoms with E-state index in [1.165, 1.54) is 32.1 Å². The van der Waals surface area contributed by atoms with Crippen LogP contribution in [0.4, 0.5) is 4.79 Å². The summed E-state index contributed by atoms with van der Waals surface area (Å²) in [6.07, 6.45) is 6.35. The molecule has 0 heterocycles. The molecule has 0 bridgehead atoms. The van der Waals surface area contributed by atoms with Crippen LogP contribution < -0.4 is 11.1 Å². The van der Waals surface area contributed by atoms with Gasteiger partial charge in [0.2, 0.25) is 0 Å². The summed E-state index contributed by atoms with van der Waals surface area (Å²) in [5, 5.41) is 2.83. The monoisotopic (exact) mass is 299 g/mol.